The van der Waals surface area contributed by atoms with Crippen LogP contribution in [0.1, 0.15) is 46.8 Å². The number of fused-ring (bicyclic) bond motifs is 1. The molecule has 1 fully saturated rings. The zero-order valence-electron chi connectivity index (χ0n) is 14.5. The summed E-state index contributed by atoms with van der Waals surface area (Å²) in [6, 6.07) is 14.0. The minimum Gasteiger partial charge on any atom is -0.490 e. The predicted octanol–water partition coefficient (Wildman–Crippen LogP) is 4.13. The van der Waals surface area contributed by atoms with Crippen LogP contribution in [0.25, 0.3) is 0 Å². The average molecular weight is 337 g/mol. The second-order valence-electron chi connectivity index (χ2n) is 6.78. The minimum atomic E-state index is 0.102. The third-order valence-electron chi connectivity index (χ3n) is 4.94. The fraction of sp³-hybridized carbons (Fsp3) is 0.381. The zero-order valence-corrected chi connectivity index (χ0v) is 14.5. The van der Waals surface area contributed by atoms with Gasteiger partial charge in [0.1, 0.15) is 0 Å². The molecule has 2 aromatic rings. The predicted molar refractivity (Wildman–Crippen MR) is 96.2 cm³/mol. The van der Waals surface area contributed by atoms with Crippen molar-refractivity contribution in [3.05, 3.63) is 59.2 Å². The fourth-order valence-electron chi connectivity index (χ4n) is 3.69. The zero-order chi connectivity index (χ0) is 17.2. The molecule has 1 amide bonds. The number of amides is 1. The van der Waals surface area contributed by atoms with Crippen LogP contribution in [0.15, 0.2) is 42.5 Å². The highest BCUT2D eigenvalue weighted by molar-refractivity contribution is 5.94. The molecule has 4 heteroatoms. The third-order valence-corrected chi connectivity index (χ3v) is 4.94. The van der Waals surface area contributed by atoms with Crippen LogP contribution in [0.4, 0.5) is 0 Å². The largest absolute Gasteiger partial charge is 0.490 e. The van der Waals surface area contributed by atoms with Crippen LogP contribution in [-0.2, 0) is 0 Å². The number of hydrogen-bond acceptors (Lipinski definition) is 3. The lowest BCUT2D eigenvalue weighted by molar-refractivity contribution is 0.0735. The number of nitrogens with zero attached hydrogens (tertiary/aromatic N) is 1. The molecule has 25 heavy (non-hydrogen) atoms. The minimum absolute atomic E-state index is 0.102. The van der Waals surface area contributed by atoms with Crippen molar-refractivity contribution in [2.24, 2.45) is 0 Å². The normalized spacial score (nSPS) is 19.6. The summed E-state index contributed by atoms with van der Waals surface area (Å²) < 4.78 is 11.5. The third kappa shape index (κ3) is 3.21. The van der Waals surface area contributed by atoms with Gasteiger partial charge in [-0.1, -0.05) is 23.8 Å². The first-order chi connectivity index (χ1) is 12.2. The van der Waals surface area contributed by atoms with Gasteiger partial charge in [0, 0.05) is 18.5 Å². The highest BCUT2D eigenvalue weighted by Gasteiger charge is 2.31. The first-order valence-electron chi connectivity index (χ1n) is 8.99. The van der Waals surface area contributed by atoms with Gasteiger partial charge in [0.2, 0.25) is 0 Å². The molecule has 2 aliphatic rings. The van der Waals surface area contributed by atoms with Crippen molar-refractivity contribution in [1.82, 2.24) is 4.90 Å². The fourth-order valence-corrected chi connectivity index (χ4v) is 3.69. The van der Waals surface area contributed by atoms with Crippen molar-refractivity contribution in [2.75, 3.05) is 19.8 Å². The number of rotatable bonds is 2. The Morgan fingerprint density at radius 3 is 2.72 bits per heavy atom. The molecule has 0 radical (unpaired) electrons. The molecule has 0 aliphatic carbocycles. The summed E-state index contributed by atoms with van der Waals surface area (Å²) in [5, 5.41) is 0. The SMILES string of the molecule is Cc1cccc(C(=O)N2CCCC2c2ccc3c(c2)OCCCO3)c1. The van der Waals surface area contributed by atoms with Gasteiger partial charge >= 0.3 is 0 Å². The van der Waals surface area contributed by atoms with E-state index >= 15 is 0 Å². The van der Waals surface area contributed by atoms with Gasteiger partial charge in [-0.05, 0) is 49.6 Å². The molecular formula is C21H23NO3. The van der Waals surface area contributed by atoms with E-state index in [-0.39, 0.29) is 11.9 Å². The van der Waals surface area contributed by atoms with Gasteiger partial charge < -0.3 is 14.4 Å². The van der Waals surface area contributed by atoms with E-state index in [4.69, 9.17) is 9.47 Å². The number of benzene rings is 2. The highest BCUT2D eigenvalue weighted by Crippen LogP contribution is 2.38. The summed E-state index contributed by atoms with van der Waals surface area (Å²) in [6.07, 6.45) is 2.90. The van der Waals surface area contributed by atoms with Crippen molar-refractivity contribution in [3.63, 3.8) is 0 Å². The Morgan fingerprint density at radius 2 is 1.88 bits per heavy atom. The quantitative estimate of drug-likeness (QED) is 0.827. The van der Waals surface area contributed by atoms with Gasteiger partial charge in [0.15, 0.2) is 11.5 Å². The maximum Gasteiger partial charge on any atom is 0.254 e. The molecule has 0 spiro atoms. The first-order valence-corrected chi connectivity index (χ1v) is 8.99. The smallest absolute Gasteiger partial charge is 0.254 e. The Balaban J connectivity index is 1.61. The lowest BCUT2D eigenvalue weighted by Gasteiger charge is -2.26. The maximum atomic E-state index is 13.0. The lowest BCUT2D eigenvalue weighted by atomic mass is 10.0. The number of hydrogen-bond donors (Lipinski definition) is 0. The topological polar surface area (TPSA) is 38.8 Å². The molecule has 4 nitrogen and oxygen atoms in total. The Hall–Kier alpha value is -2.49. The van der Waals surface area contributed by atoms with Crippen molar-refractivity contribution in [2.45, 2.75) is 32.2 Å². The Labute approximate surface area is 148 Å². The summed E-state index contributed by atoms with van der Waals surface area (Å²) in [7, 11) is 0. The van der Waals surface area contributed by atoms with Crippen molar-refractivity contribution >= 4 is 5.91 Å². The van der Waals surface area contributed by atoms with Crippen LogP contribution in [0.5, 0.6) is 11.5 Å². The van der Waals surface area contributed by atoms with Crippen LogP contribution in [0.2, 0.25) is 0 Å². The highest BCUT2D eigenvalue weighted by atomic mass is 16.5. The summed E-state index contributed by atoms with van der Waals surface area (Å²) in [5.41, 5.74) is 3.00. The molecule has 1 saturated heterocycles. The van der Waals surface area contributed by atoms with Gasteiger partial charge in [-0.25, -0.2) is 0 Å². The standard InChI is InChI=1S/C21H23NO3/c1-15-5-2-6-17(13-15)21(23)22-10-3-7-18(22)16-8-9-19-20(14-16)25-12-4-11-24-19/h2,5-6,8-9,13-14,18H,3-4,7,10-12H2,1H3. The molecule has 1 atom stereocenters. The van der Waals surface area contributed by atoms with Crippen molar-refractivity contribution < 1.29 is 14.3 Å². The first kappa shape index (κ1) is 16.0. The Kier molecular flexibility index (Phi) is 4.35. The second kappa shape index (κ2) is 6.79. The molecule has 130 valence electrons. The van der Waals surface area contributed by atoms with E-state index in [2.05, 4.69) is 6.07 Å². The molecule has 0 bridgehead atoms. The van der Waals surface area contributed by atoms with E-state index in [9.17, 15) is 4.79 Å². The molecule has 2 heterocycles. The van der Waals surface area contributed by atoms with E-state index < -0.39 is 0 Å². The van der Waals surface area contributed by atoms with E-state index in [1.54, 1.807) is 0 Å². The van der Waals surface area contributed by atoms with Crippen molar-refractivity contribution in [1.29, 1.82) is 0 Å². The Bertz CT molecular complexity index is 786. The number of aryl methyl sites for hydroxylation is 1. The molecule has 2 aliphatic heterocycles. The Morgan fingerprint density at radius 1 is 1.04 bits per heavy atom. The van der Waals surface area contributed by atoms with Gasteiger partial charge in [-0.2, -0.15) is 0 Å². The van der Waals surface area contributed by atoms with Crippen molar-refractivity contribution in [3.8, 4) is 11.5 Å². The van der Waals surface area contributed by atoms with E-state index in [1.807, 2.05) is 48.2 Å². The van der Waals surface area contributed by atoms with Gasteiger partial charge in [0.05, 0.1) is 19.3 Å². The van der Waals surface area contributed by atoms with Crippen LogP contribution >= 0.6 is 0 Å². The average Bonchev–Trinajstić information content (AvgIpc) is 2.99. The summed E-state index contributed by atoms with van der Waals surface area (Å²) >= 11 is 0. The number of likely N-dealkylation sites (tertiary alicyclic amines) is 1. The molecule has 2 aromatic carbocycles. The second-order valence-corrected chi connectivity index (χ2v) is 6.78. The summed E-state index contributed by atoms with van der Waals surface area (Å²) in [4.78, 5) is 15.0. The van der Waals surface area contributed by atoms with E-state index in [1.165, 1.54) is 0 Å². The number of carbonyl (C=O) groups excluding carboxylic acids is 1. The van der Waals surface area contributed by atoms with Crippen LogP contribution in [0.3, 0.4) is 0 Å². The molecule has 0 N–H and O–H groups in total. The monoisotopic (exact) mass is 337 g/mol. The maximum absolute atomic E-state index is 13.0. The lowest BCUT2D eigenvalue weighted by Crippen LogP contribution is -2.30. The number of carbonyl (C=O) groups is 1. The summed E-state index contributed by atoms with van der Waals surface area (Å²) in [5.74, 6) is 1.71. The van der Waals surface area contributed by atoms with E-state index in [0.717, 1.165) is 54.0 Å². The van der Waals surface area contributed by atoms with Gasteiger partial charge in [-0.15, -0.1) is 0 Å². The van der Waals surface area contributed by atoms with Crippen LogP contribution in [-0.4, -0.2) is 30.6 Å². The molecule has 1 unspecified atom stereocenters. The molecule has 4 rings (SSSR count). The molecular weight excluding hydrogens is 314 g/mol. The van der Waals surface area contributed by atoms with Gasteiger partial charge in [-0.3, -0.25) is 4.79 Å². The van der Waals surface area contributed by atoms with Crippen LogP contribution in [0, 0.1) is 6.92 Å². The van der Waals surface area contributed by atoms with Gasteiger partial charge in [0.25, 0.3) is 5.91 Å². The summed E-state index contributed by atoms with van der Waals surface area (Å²) in [6.45, 7) is 4.18. The van der Waals surface area contributed by atoms with E-state index in [0.29, 0.717) is 13.2 Å². The molecule has 0 saturated carbocycles. The van der Waals surface area contributed by atoms with Crippen LogP contribution < -0.4 is 9.47 Å². The number of ether oxygens (including phenoxy) is 2. The molecule has 0 aromatic heterocycles.